The fraction of sp³-hybridized carbons (Fsp3) is 0.571. The Hall–Kier alpha value is -2.45. The smallest absolute Gasteiger partial charge is 0.214 e. The molecule has 2 aromatic rings. The summed E-state index contributed by atoms with van der Waals surface area (Å²) in [6, 6.07) is 1.84. The lowest BCUT2D eigenvalue weighted by molar-refractivity contribution is 0.0343. The molecule has 2 atom stereocenters. The monoisotopic (exact) mass is 399 g/mol. The van der Waals surface area contributed by atoms with Crippen LogP contribution in [-0.4, -0.2) is 52.6 Å². The lowest BCUT2D eigenvalue weighted by Gasteiger charge is -2.25. The van der Waals surface area contributed by atoms with Gasteiger partial charge >= 0.3 is 0 Å². The zero-order chi connectivity index (χ0) is 20.1. The molecule has 2 aliphatic rings. The summed E-state index contributed by atoms with van der Waals surface area (Å²) in [6.07, 6.45) is 10.1. The molecule has 0 aromatic carbocycles. The predicted octanol–water partition coefficient (Wildman–Crippen LogP) is 3.21. The number of hydrogen-bond acceptors (Lipinski definition) is 7. The maximum atomic E-state index is 8.81. The molecule has 8 heteroatoms. The van der Waals surface area contributed by atoms with Gasteiger partial charge in [0.2, 0.25) is 5.88 Å². The first-order chi connectivity index (χ1) is 14.2. The van der Waals surface area contributed by atoms with Gasteiger partial charge in [-0.15, -0.1) is 0 Å². The SMILES string of the molecule is CC1CCOCCCn2cc(cn2)C(=N)c2cc(ncc2NC2CCCCO2)O1. The molecule has 0 amide bonds. The largest absolute Gasteiger partial charge is 0.475 e. The minimum absolute atomic E-state index is 0.0175. The minimum Gasteiger partial charge on any atom is -0.475 e. The van der Waals surface area contributed by atoms with Crippen LogP contribution in [0.4, 0.5) is 5.69 Å². The average molecular weight is 399 g/mol. The Kier molecular flexibility index (Phi) is 6.41. The van der Waals surface area contributed by atoms with Crippen LogP contribution in [0.3, 0.4) is 0 Å². The van der Waals surface area contributed by atoms with Gasteiger partial charge < -0.3 is 19.5 Å². The van der Waals surface area contributed by atoms with Crippen molar-refractivity contribution in [3.8, 4) is 5.88 Å². The Morgan fingerprint density at radius 1 is 1.14 bits per heavy atom. The molecule has 156 valence electrons. The van der Waals surface area contributed by atoms with E-state index in [1.54, 1.807) is 12.4 Å². The second kappa shape index (κ2) is 9.37. The highest BCUT2D eigenvalue weighted by molar-refractivity contribution is 6.13. The second-order valence-electron chi connectivity index (χ2n) is 7.62. The maximum Gasteiger partial charge on any atom is 0.214 e. The molecule has 2 aromatic heterocycles. The molecule has 4 bridgehead atoms. The highest BCUT2D eigenvalue weighted by Crippen LogP contribution is 2.26. The Bertz CT molecular complexity index is 831. The first kappa shape index (κ1) is 19.8. The molecule has 1 fully saturated rings. The Morgan fingerprint density at radius 3 is 2.93 bits per heavy atom. The standard InChI is InChI=1S/C21H29N5O3/c1-15-6-10-27-8-4-7-26-14-16(12-24-26)21(22)17-11-20(29-15)23-13-18(17)25-19-5-2-3-9-28-19/h11-15,19,22,25H,2-10H2,1H3. The highest BCUT2D eigenvalue weighted by Gasteiger charge is 2.20. The summed E-state index contributed by atoms with van der Waals surface area (Å²) in [5.41, 5.74) is 2.67. The van der Waals surface area contributed by atoms with E-state index in [-0.39, 0.29) is 12.3 Å². The molecule has 8 nitrogen and oxygen atoms in total. The van der Waals surface area contributed by atoms with Crippen LogP contribution in [-0.2, 0) is 16.0 Å². The third kappa shape index (κ3) is 5.13. The van der Waals surface area contributed by atoms with Crippen LogP contribution in [0.2, 0.25) is 0 Å². The predicted molar refractivity (Wildman–Crippen MR) is 110 cm³/mol. The highest BCUT2D eigenvalue weighted by atomic mass is 16.5. The van der Waals surface area contributed by atoms with Gasteiger partial charge in [-0.3, -0.25) is 10.1 Å². The molecular weight excluding hydrogens is 370 g/mol. The Balaban J connectivity index is 1.64. The molecule has 0 spiro atoms. The number of nitrogens with one attached hydrogen (secondary N) is 2. The van der Waals surface area contributed by atoms with Gasteiger partial charge in [0.25, 0.3) is 0 Å². The van der Waals surface area contributed by atoms with Crippen LogP contribution < -0.4 is 10.1 Å². The topological polar surface area (TPSA) is 94.3 Å². The molecule has 1 saturated heterocycles. The fourth-order valence-electron chi connectivity index (χ4n) is 3.57. The summed E-state index contributed by atoms with van der Waals surface area (Å²) in [6.45, 7) is 4.86. The van der Waals surface area contributed by atoms with E-state index in [1.807, 2.05) is 23.9 Å². The lowest BCUT2D eigenvalue weighted by Crippen LogP contribution is -2.28. The van der Waals surface area contributed by atoms with Gasteiger partial charge in [-0.05, 0) is 32.6 Å². The fourth-order valence-corrected chi connectivity index (χ4v) is 3.57. The van der Waals surface area contributed by atoms with E-state index in [1.165, 1.54) is 0 Å². The summed E-state index contributed by atoms with van der Waals surface area (Å²) in [4.78, 5) is 4.47. The average Bonchev–Trinajstić information content (AvgIpc) is 3.20. The summed E-state index contributed by atoms with van der Waals surface area (Å²) in [5.74, 6) is 0.509. The van der Waals surface area contributed by atoms with Crippen LogP contribution in [0, 0.1) is 5.41 Å². The molecule has 4 heterocycles. The first-order valence-electron chi connectivity index (χ1n) is 10.4. The zero-order valence-corrected chi connectivity index (χ0v) is 16.9. The Morgan fingerprint density at radius 2 is 2.07 bits per heavy atom. The lowest BCUT2D eigenvalue weighted by atomic mass is 10.0. The van der Waals surface area contributed by atoms with Gasteiger partial charge in [-0.2, -0.15) is 5.10 Å². The van der Waals surface area contributed by atoms with Crippen molar-refractivity contribution in [2.75, 3.05) is 25.1 Å². The van der Waals surface area contributed by atoms with Gasteiger partial charge in [0, 0.05) is 49.6 Å². The molecular formula is C21H29N5O3. The molecule has 2 aliphatic heterocycles. The van der Waals surface area contributed by atoms with E-state index >= 15 is 0 Å². The number of pyridine rings is 1. The normalized spacial score (nSPS) is 23.6. The number of rotatable bonds is 2. The molecule has 29 heavy (non-hydrogen) atoms. The van der Waals surface area contributed by atoms with E-state index in [0.717, 1.165) is 62.1 Å². The molecule has 2 unspecified atom stereocenters. The molecule has 2 N–H and O–H groups in total. The van der Waals surface area contributed by atoms with Crippen LogP contribution in [0.15, 0.2) is 24.7 Å². The van der Waals surface area contributed by atoms with Crippen molar-refractivity contribution in [3.63, 3.8) is 0 Å². The zero-order valence-electron chi connectivity index (χ0n) is 16.9. The summed E-state index contributed by atoms with van der Waals surface area (Å²) >= 11 is 0. The van der Waals surface area contributed by atoms with Gasteiger partial charge in [-0.1, -0.05) is 0 Å². The van der Waals surface area contributed by atoms with Crippen molar-refractivity contribution in [3.05, 3.63) is 35.8 Å². The minimum atomic E-state index is -0.0585. The number of aromatic nitrogens is 3. The van der Waals surface area contributed by atoms with E-state index in [4.69, 9.17) is 19.6 Å². The van der Waals surface area contributed by atoms with Gasteiger partial charge in [0.05, 0.1) is 36.5 Å². The van der Waals surface area contributed by atoms with Crippen LogP contribution in [0.1, 0.15) is 50.2 Å². The molecule has 0 aliphatic carbocycles. The van der Waals surface area contributed by atoms with Gasteiger partial charge in [0.15, 0.2) is 0 Å². The van der Waals surface area contributed by atoms with Crippen molar-refractivity contribution >= 4 is 11.4 Å². The van der Waals surface area contributed by atoms with Crippen LogP contribution in [0.25, 0.3) is 0 Å². The number of anilines is 1. The van der Waals surface area contributed by atoms with E-state index in [2.05, 4.69) is 15.4 Å². The van der Waals surface area contributed by atoms with Gasteiger partial charge in [0.1, 0.15) is 6.23 Å². The number of nitrogens with zero attached hydrogens (tertiary/aromatic N) is 3. The van der Waals surface area contributed by atoms with E-state index < -0.39 is 0 Å². The summed E-state index contributed by atoms with van der Waals surface area (Å²) in [7, 11) is 0. The van der Waals surface area contributed by atoms with Crippen molar-refractivity contribution < 1.29 is 14.2 Å². The number of fused-ring (bicyclic) bond motifs is 4. The summed E-state index contributed by atoms with van der Waals surface area (Å²) < 4.78 is 19.4. The molecule has 4 rings (SSSR count). The van der Waals surface area contributed by atoms with Crippen molar-refractivity contribution in [1.82, 2.24) is 14.8 Å². The first-order valence-corrected chi connectivity index (χ1v) is 10.4. The van der Waals surface area contributed by atoms with E-state index in [0.29, 0.717) is 24.8 Å². The van der Waals surface area contributed by atoms with E-state index in [9.17, 15) is 0 Å². The summed E-state index contributed by atoms with van der Waals surface area (Å²) in [5, 5.41) is 16.6. The van der Waals surface area contributed by atoms with Gasteiger partial charge in [-0.25, -0.2) is 4.98 Å². The number of hydrogen-bond donors (Lipinski definition) is 2. The second-order valence-corrected chi connectivity index (χ2v) is 7.62. The van der Waals surface area contributed by atoms with Crippen molar-refractivity contribution in [1.29, 1.82) is 5.41 Å². The third-order valence-electron chi connectivity index (χ3n) is 5.23. The molecule has 0 radical (unpaired) electrons. The van der Waals surface area contributed by atoms with Crippen molar-refractivity contribution in [2.45, 2.75) is 57.9 Å². The quantitative estimate of drug-likeness (QED) is 0.805. The number of ether oxygens (including phenoxy) is 3. The maximum absolute atomic E-state index is 8.81. The molecule has 0 saturated carbocycles. The Labute approximate surface area is 171 Å². The third-order valence-corrected chi connectivity index (χ3v) is 5.23. The van der Waals surface area contributed by atoms with Crippen LogP contribution >= 0.6 is 0 Å². The number of aryl methyl sites for hydroxylation is 1. The van der Waals surface area contributed by atoms with Crippen LogP contribution in [0.5, 0.6) is 5.88 Å². The van der Waals surface area contributed by atoms with Crippen molar-refractivity contribution in [2.24, 2.45) is 0 Å².